The normalized spacial score (nSPS) is 23.4. The largest absolute Gasteiger partial charge is 0.357 e. The Hall–Kier alpha value is -1.96. The molecule has 0 bridgehead atoms. The van der Waals surface area contributed by atoms with Crippen LogP contribution in [0.2, 0.25) is 0 Å². The van der Waals surface area contributed by atoms with E-state index < -0.39 is 0 Å². The molecule has 0 spiro atoms. The maximum atomic E-state index is 11.8. The third-order valence-corrected chi connectivity index (χ3v) is 5.08. The second-order valence-corrected chi connectivity index (χ2v) is 7.39. The molecule has 7 nitrogen and oxygen atoms in total. The van der Waals surface area contributed by atoms with E-state index in [9.17, 15) is 4.79 Å². The fourth-order valence-electron chi connectivity index (χ4n) is 2.86. The molecular weight excluding hydrogens is 312 g/mol. The quantitative estimate of drug-likeness (QED) is 0.870. The van der Waals surface area contributed by atoms with Crippen LogP contribution >= 0.6 is 11.5 Å². The molecule has 2 N–H and O–H groups in total. The van der Waals surface area contributed by atoms with Gasteiger partial charge in [0.05, 0.1) is 5.69 Å². The molecule has 2 heterocycles. The van der Waals surface area contributed by atoms with Crippen LogP contribution in [0.25, 0.3) is 0 Å². The van der Waals surface area contributed by atoms with Crippen molar-refractivity contribution < 1.29 is 0 Å². The summed E-state index contributed by atoms with van der Waals surface area (Å²) in [4.78, 5) is 25.7. The van der Waals surface area contributed by atoms with Gasteiger partial charge in [0.15, 0.2) is 0 Å². The minimum Gasteiger partial charge on any atom is -0.357 e. The molecule has 4 rings (SSSR count). The van der Waals surface area contributed by atoms with Crippen molar-refractivity contribution in [2.24, 2.45) is 0 Å². The van der Waals surface area contributed by atoms with Crippen LogP contribution in [0.3, 0.4) is 0 Å². The minimum atomic E-state index is -0.0203. The number of nitrogens with one attached hydrogen (secondary N) is 2. The van der Waals surface area contributed by atoms with Gasteiger partial charge in [-0.25, -0.2) is 4.98 Å². The molecule has 0 aromatic carbocycles. The number of rotatable bonds is 5. The fourth-order valence-corrected chi connectivity index (χ4v) is 3.58. The highest BCUT2D eigenvalue weighted by atomic mass is 32.1. The van der Waals surface area contributed by atoms with Crippen molar-refractivity contribution in [3.63, 3.8) is 0 Å². The van der Waals surface area contributed by atoms with Crippen LogP contribution in [-0.4, -0.2) is 39.5 Å². The van der Waals surface area contributed by atoms with Crippen molar-refractivity contribution in [2.45, 2.75) is 43.6 Å². The summed E-state index contributed by atoms with van der Waals surface area (Å²) in [6.45, 7) is 0. The topological polar surface area (TPSA) is 86.8 Å². The van der Waals surface area contributed by atoms with Crippen molar-refractivity contribution in [3.8, 4) is 0 Å². The van der Waals surface area contributed by atoms with Gasteiger partial charge in [-0.1, -0.05) is 0 Å². The maximum Gasteiger partial charge on any atom is 0.251 e. The Bertz CT molecular complexity index is 759. The van der Waals surface area contributed by atoms with Crippen LogP contribution in [0, 0.1) is 0 Å². The number of hydrogen-bond donors (Lipinski definition) is 2. The summed E-state index contributed by atoms with van der Waals surface area (Å²) in [5.74, 6) is 2.46. The molecule has 0 amide bonds. The Morgan fingerprint density at radius 3 is 2.70 bits per heavy atom. The maximum absolute atomic E-state index is 11.8. The SMILES string of the molecule is CN(C)c1nsc(NC2CC(c3cc(=O)[nH]c(C4CC4)n3)C2)n1. The van der Waals surface area contributed by atoms with Crippen LogP contribution < -0.4 is 15.8 Å². The predicted molar refractivity (Wildman–Crippen MR) is 90.5 cm³/mol. The standard InChI is InChI=1S/C15H20N6OS/c1-21(2)14-19-15(23-20-14)16-10-5-9(6-10)11-7-12(22)18-13(17-11)8-3-4-8/h7-10H,3-6H2,1-2H3,(H,16,19,20)(H,17,18,22). The van der Waals surface area contributed by atoms with E-state index in [-0.39, 0.29) is 5.56 Å². The number of H-pyrrole nitrogens is 1. The number of nitrogens with zero attached hydrogens (tertiary/aromatic N) is 4. The van der Waals surface area contributed by atoms with Crippen LogP contribution in [0.1, 0.15) is 49.0 Å². The fraction of sp³-hybridized carbons (Fsp3) is 0.600. The molecule has 2 saturated carbocycles. The summed E-state index contributed by atoms with van der Waals surface area (Å²) in [6, 6.07) is 2.04. The van der Waals surface area contributed by atoms with Crippen molar-refractivity contribution in [1.29, 1.82) is 0 Å². The van der Waals surface area contributed by atoms with Gasteiger partial charge in [0.1, 0.15) is 5.82 Å². The van der Waals surface area contributed by atoms with E-state index in [1.165, 1.54) is 11.5 Å². The predicted octanol–water partition coefficient (Wildman–Crippen LogP) is 1.92. The molecular formula is C15H20N6OS. The van der Waals surface area contributed by atoms with Crippen molar-refractivity contribution >= 4 is 22.6 Å². The first-order valence-corrected chi connectivity index (χ1v) is 8.74. The van der Waals surface area contributed by atoms with Crippen LogP contribution in [0.15, 0.2) is 10.9 Å². The molecule has 2 fully saturated rings. The molecule has 0 radical (unpaired) electrons. The summed E-state index contributed by atoms with van der Waals surface area (Å²) >= 11 is 1.39. The zero-order chi connectivity index (χ0) is 16.0. The molecule has 0 saturated heterocycles. The van der Waals surface area contributed by atoms with Crippen LogP contribution in [-0.2, 0) is 0 Å². The highest BCUT2D eigenvalue weighted by Gasteiger charge is 2.34. The number of aromatic nitrogens is 4. The number of anilines is 2. The molecule has 2 aromatic heterocycles. The van der Waals surface area contributed by atoms with Gasteiger partial charge in [-0.3, -0.25) is 4.79 Å². The molecule has 2 aliphatic rings. The Balaban J connectivity index is 1.38. The van der Waals surface area contributed by atoms with Gasteiger partial charge < -0.3 is 15.2 Å². The van der Waals surface area contributed by atoms with Gasteiger partial charge in [-0.05, 0) is 25.7 Å². The molecule has 122 valence electrons. The van der Waals surface area contributed by atoms with Gasteiger partial charge >= 0.3 is 0 Å². The van der Waals surface area contributed by atoms with E-state index >= 15 is 0 Å². The second-order valence-electron chi connectivity index (χ2n) is 6.63. The smallest absolute Gasteiger partial charge is 0.251 e. The number of aromatic amines is 1. The monoisotopic (exact) mass is 332 g/mol. The van der Waals surface area contributed by atoms with Crippen molar-refractivity contribution in [3.05, 3.63) is 27.9 Å². The van der Waals surface area contributed by atoms with E-state index in [0.717, 1.165) is 48.3 Å². The lowest BCUT2D eigenvalue weighted by atomic mass is 9.78. The van der Waals surface area contributed by atoms with Gasteiger partial charge in [0.25, 0.3) is 5.56 Å². The summed E-state index contributed by atoms with van der Waals surface area (Å²) in [5.41, 5.74) is 0.924. The van der Waals surface area contributed by atoms with Gasteiger partial charge in [-0.15, -0.1) is 0 Å². The van der Waals surface area contributed by atoms with Crippen LogP contribution in [0.5, 0.6) is 0 Å². The molecule has 23 heavy (non-hydrogen) atoms. The van der Waals surface area contributed by atoms with E-state index in [4.69, 9.17) is 0 Å². The summed E-state index contributed by atoms with van der Waals surface area (Å²) in [7, 11) is 3.86. The Morgan fingerprint density at radius 2 is 2.04 bits per heavy atom. The summed E-state index contributed by atoms with van der Waals surface area (Å²) in [6.07, 6.45) is 4.26. The third-order valence-electron chi connectivity index (χ3n) is 4.44. The minimum absolute atomic E-state index is 0.0203. The lowest BCUT2D eigenvalue weighted by molar-refractivity contribution is 0.365. The average Bonchev–Trinajstić information content (AvgIpc) is 3.20. The lowest BCUT2D eigenvalue weighted by Gasteiger charge is -2.35. The zero-order valence-corrected chi connectivity index (χ0v) is 14.1. The first-order valence-electron chi connectivity index (χ1n) is 7.97. The Kier molecular flexibility index (Phi) is 3.56. The van der Waals surface area contributed by atoms with Crippen LogP contribution in [0.4, 0.5) is 11.1 Å². The molecule has 8 heteroatoms. The van der Waals surface area contributed by atoms with E-state index in [2.05, 4.69) is 24.6 Å². The summed E-state index contributed by atoms with van der Waals surface area (Å²) < 4.78 is 4.29. The second kappa shape index (κ2) is 5.59. The molecule has 0 unspecified atom stereocenters. The van der Waals surface area contributed by atoms with Crippen molar-refractivity contribution in [2.75, 3.05) is 24.3 Å². The van der Waals surface area contributed by atoms with Gasteiger partial charge in [0, 0.05) is 49.6 Å². The van der Waals surface area contributed by atoms with E-state index in [1.54, 1.807) is 6.07 Å². The highest BCUT2D eigenvalue weighted by Crippen LogP contribution is 2.40. The first-order chi connectivity index (χ1) is 11.1. The highest BCUT2D eigenvalue weighted by molar-refractivity contribution is 7.09. The zero-order valence-electron chi connectivity index (χ0n) is 13.2. The van der Waals surface area contributed by atoms with E-state index in [0.29, 0.717) is 17.9 Å². The lowest BCUT2D eigenvalue weighted by Crippen LogP contribution is -2.35. The third kappa shape index (κ3) is 3.08. The first kappa shape index (κ1) is 14.6. The Morgan fingerprint density at radius 1 is 1.26 bits per heavy atom. The van der Waals surface area contributed by atoms with E-state index in [1.807, 2.05) is 19.0 Å². The molecule has 0 atom stereocenters. The van der Waals surface area contributed by atoms with Gasteiger partial charge in [-0.2, -0.15) is 9.36 Å². The van der Waals surface area contributed by atoms with Crippen molar-refractivity contribution in [1.82, 2.24) is 19.3 Å². The van der Waals surface area contributed by atoms with Gasteiger partial charge in [0.2, 0.25) is 11.1 Å². The molecule has 2 aliphatic carbocycles. The Labute approximate surface area is 138 Å². The molecule has 0 aliphatic heterocycles. The molecule has 2 aromatic rings. The average molecular weight is 332 g/mol. The summed E-state index contributed by atoms with van der Waals surface area (Å²) in [5, 5.41) is 4.28. The number of hydrogen-bond acceptors (Lipinski definition) is 7.